The summed E-state index contributed by atoms with van der Waals surface area (Å²) in [6, 6.07) is 0. The summed E-state index contributed by atoms with van der Waals surface area (Å²) in [7, 11) is 0. The van der Waals surface area contributed by atoms with E-state index in [1.54, 1.807) is 0 Å². The first-order valence-electron chi connectivity index (χ1n) is 1.21. The minimum atomic E-state index is 0. The fraction of sp³-hybridized carbons (Fsp3) is 1.00. The Balaban J connectivity index is -0.00000000667. The van der Waals surface area contributed by atoms with E-state index in [9.17, 15) is 0 Å². The molecule has 0 aromatic heterocycles. The maximum Gasteiger partial charge on any atom is 0.0711 e. The van der Waals surface area contributed by atoms with Crippen LogP contribution < -0.4 is 43.0 Å². The zero-order valence-corrected chi connectivity index (χ0v) is 5.82. The van der Waals surface area contributed by atoms with Crippen molar-refractivity contribution in [3.05, 3.63) is 0 Å². The lowest BCUT2D eigenvalue weighted by atomic mass is 10.8. The highest BCUT2D eigenvalue weighted by atomic mass is 35.5. The maximum absolute atomic E-state index is 3.49. The molecule has 0 rings (SSSR count). The van der Waals surface area contributed by atoms with Gasteiger partial charge >= 0.3 is 0 Å². The molecule has 0 saturated heterocycles. The molecule has 0 aliphatic carbocycles. The van der Waals surface area contributed by atoms with E-state index in [4.69, 9.17) is 0 Å². The van der Waals surface area contributed by atoms with Crippen molar-refractivity contribution in [1.82, 2.24) is 0 Å². The maximum atomic E-state index is 3.49. The molecule has 0 aliphatic heterocycles. The van der Waals surface area contributed by atoms with E-state index < -0.39 is 0 Å². The van der Waals surface area contributed by atoms with Gasteiger partial charge in [0.15, 0.2) is 0 Å². The molecule has 1 nitrogen and oxygen atoms in total. The second-order valence-corrected chi connectivity index (χ2v) is 0.500. The second-order valence-electron chi connectivity index (χ2n) is 0.500. The molecule has 3 N–H and O–H groups in total. The van der Waals surface area contributed by atoms with Crippen molar-refractivity contribution < 1.29 is 43.0 Å². The van der Waals surface area contributed by atoms with E-state index >= 15 is 0 Å². The summed E-state index contributed by atoms with van der Waals surface area (Å²) in [5.41, 5.74) is 3.49. The van der Waals surface area contributed by atoms with Crippen LogP contribution in [0.15, 0.2) is 0 Å². The minimum absolute atomic E-state index is 0. The summed E-state index contributed by atoms with van der Waals surface area (Å²) >= 11 is 0. The van der Waals surface area contributed by atoms with Gasteiger partial charge in [0.05, 0.1) is 6.54 Å². The Morgan fingerprint density at radius 3 is 1.17 bits per heavy atom. The molecule has 0 fully saturated rings. The summed E-state index contributed by atoms with van der Waals surface area (Å²) in [6.45, 7) is 3.01. The predicted octanol–water partition coefficient (Wildman–Crippen LogP) is -9.74. The lowest BCUT2D eigenvalue weighted by molar-refractivity contribution is -0.361. The fourth-order valence-corrected chi connectivity index (χ4v) is 0. The average molecular weight is 152 g/mol. The van der Waals surface area contributed by atoms with Gasteiger partial charge in [0.25, 0.3) is 0 Å². The fourth-order valence-electron chi connectivity index (χ4n) is 0. The van der Waals surface area contributed by atoms with Gasteiger partial charge in [0, 0.05) is 0 Å². The molecule has 0 aromatic rings. The molecule has 44 valence electrons. The van der Waals surface area contributed by atoms with E-state index in [2.05, 4.69) is 5.73 Å². The number of hydrogen-bond donors (Lipinski definition) is 1. The summed E-state index contributed by atoms with van der Waals surface area (Å²) in [6.07, 6.45) is 0. The molecule has 6 heavy (non-hydrogen) atoms. The number of halogens is 3. The van der Waals surface area contributed by atoms with Crippen molar-refractivity contribution in [2.24, 2.45) is 0 Å². The average Bonchev–Trinajstić information content (AvgIpc) is 0.918. The van der Waals surface area contributed by atoms with Crippen molar-refractivity contribution in [2.75, 3.05) is 6.54 Å². The van der Waals surface area contributed by atoms with Gasteiger partial charge in [-0.15, -0.1) is 0 Å². The summed E-state index contributed by atoms with van der Waals surface area (Å²) in [5, 5.41) is 0. The highest BCUT2D eigenvalue weighted by Crippen LogP contribution is 1.13. The quantitative estimate of drug-likeness (QED) is 0.357. The molecule has 0 atom stereocenters. The molecule has 0 heterocycles. The van der Waals surface area contributed by atoms with Crippen LogP contribution in [-0.4, -0.2) is 6.54 Å². The first kappa shape index (κ1) is 29.0. The van der Waals surface area contributed by atoms with E-state index in [0.717, 1.165) is 6.54 Å². The van der Waals surface area contributed by atoms with E-state index in [1.807, 2.05) is 6.92 Å². The van der Waals surface area contributed by atoms with Gasteiger partial charge in [0.2, 0.25) is 0 Å². The van der Waals surface area contributed by atoms with Crippen LogP contribution in [0.3, 0.4) is 0 Å². The third kappa shape index (κ3) is 103. The first-order valence-corrected chi connectivity index (χ1v) is 1.21. The van der Waals surface area contributed by atoms with Crippen molar-refractivity contribution in [2.45, 2.75) is 6.92 Å². The predicted molar refractivity (Wildman–Crippen MR) is 13.4 cm³/mol. The van der Waals surface area contributed by atoms with Crippen LogP contribution in [0.25, 0.3) is 0 Å². The Hall–Kier alpha value is 0.830. The Bertz CT molecular complexity index is 8.75. The highest BCUT2D eigenvalue weighted by molar-refractivity contribution is 3.79. The molecular weight excluding hydrogens is 144 g/mol. The molecule has 0 bridgehead atoms. The van der Waals surface area contributed by atoms with Gasteiger partial charge in [-0.3, -0.25) is 0 Å². The molecule has 4 heteroatoms. The standard InChI is InChI=1S/C2H7N.3ClH/c1-2-3;;;/h2-3H2,1H3;3*1H/p-2. The van der Waals surface area contributed by atoms with E-state index in [-0.39, 0.29) is 37.2 Å². The number of hydrogen-bond acceptors (Lipinski definition) is 0. The van der Waals surface area contributed by atoms with Gasteiger partial charge in [-0.05, 0) is 6.92 Å². The third-order valence-electron chi connectivity index (χ3n) is 0. The molecule has 0 unspecified atom stereocenters. The molecular formula is C2H8Cl3N-2. The lowest BCUT2D eigenvalue weighted by Gasteiger charge is -1.49. The van der Waals surface area contributed by atoms with Gasteiger partial charge in [-0.2, -0.15) is 0 Å². The normalized spacial score (nSPS) is 3.00. The Morgan fingerprint density at radius 1 is 1.17 bits per heavy atom. The molecule has 0 aliphatic rings. The minimum Gasteiger partial charge on any atom is -1.00 e. The Kier molecular flexibility index (Phi) is 196. The number of rotatable bonds is 0. The zero-order valence-electron chi connectivity index (χ0n) is 3.55. The monoisotopic (exact) mass is 151 g/mol. The van der Waals surface area contributed by atoms with Crippen LogP contribution in [-0.2, 0) is 0 Å². The van der Waals surface area contributed by atoms with E-state index in [0.29, 0.717) is 0 Å². The molecule has 0 saturated carbocycles. The summed E-state index contributed by atoms with van der Waals surface area (Å²) in [4.78, 5) is 0. The van der Waals surface area contributed by atoms with Crippen molar-refractivity contribution in [1.29, 1.82) is 0 Å². The third-order valence-corrected chi connectivity index (χ3v) is 0. The smallest absolute Gasteiger partial charge is 0.0711 e. The zero-order chi connectivity index (χ0) is 2.71. The van der Waals surface area contributed by atoms with Gasteiger partial charge < -0.3 is 43.0 Å². The Morgan fingerprint density at radius 2 is 1.17 bits per heavy atom. The van der Waals surface area contributed by atoms with Gasteiger partial charge in [0.1, 0.15) is 0 Å². The Labute approximate surface area is 56.9 Å². The second kappa shape index (κ2) is 40.6. The highest BCUT2D eigenvalue weighted by Gasteiger charge is 1.37. The molecule has 0 amide bonds. The SMILES string of the molecule is CC[NH3+].[Cl-].[Cl-].[Cl-]. The van der Waals surface area contributed by atoms with Crippen LogP contribution in [0.4, 0.5) is 0 Å². The topological polar surface area (TPSA) is 27.6 Å². The van der Waals surface area contributed by atoms with Crippen molar-refractivity contribution >= 4 is 0 Å². The first-order chi connectivity index (χ1) is 1.41. The van der Waals surface area contributed by atoms with Crippen LogP contribution >= 0.6 is 0 Å². The van der Waals surface area contributed by atoms with Gasteiger partial charge in [-0.25, -0.2) is 0 Å². The van der Waals surface area contributed by atoms with Crippen molar-refractivity contribution in [3.63, 3.8) is 0 Å². The van der Waals surface area contributed by atoms with Crippen LogP contribution in [0.1, 0.15) is 6.92 Å². The van der Waals surface area contributed by atoms with E-state index in [1.165, 1.54) is 0 Å². The summed E-state index contributed by atoms with van der Waals surface area (Å²) < 4.78 is 0. The van der Waals surface area contributed by atoms with Crippen molar-refractivity contribution in [3.8, 4) is 0 Å². The molecule has 0 aromatic carbocycles. The van der Waals surface area contributed by atoms with Crippen LogP contribution in [0.2, 0.25) is 0 Å². The number of quaternary nitrogens is 1. The lowest BCUT2D eigenvalue weighted by Crippen LogP contribution is -3.00. The van der Waals surface area contributed by atoms with Crippen LogP contribution in [0, 0.1) is 0 Å². The molecule has 0 radical (unpaired) electrons. The largest absolute Gasteiger partial charge is 1.00 e. The van der Waals surface area contributed by atoms with Gasteiger partial charge in [-0.1, -0.05) is 0 Å². The summed E-state index contributed by atoms with van der Waals surface area (Å²) in [5.74, 6) is 0. The molecule has 0 spiro atoms. The van der Waals surface area contributed by atoms with Crippen LogP contribution in [0.5, 0.6) is 0 Å².